The molecule has 0 bridgehead atoms. The Labute approximate surface area is 159 Å². The summed E-state index contributed by atoms with van der Waals surface area (Å²) in [7, 11) is 0. The zero-order valence-electron chi connectivity index (χ0n) is 13.9. The SMILES string of the molecule is O=c1[nH]c2cnc(NCC3CCNC3)nc2n1Cc1c(Cl)cccc1Cl. The lowest BCUT2D eigenvalue weighted by Gasteiger charge is -2.10. The third kappa shape index (κ3) is 3.42. The largest absolute Gasteiger partial charge is 0.354 e. The van der Waals surface area contributed by atoms with Gasteiger partial charge >= 0.3 is 5.69 Å². The summed E-state index contributed by atoms with van der Waals surface area (Å²) < 4.78 is 1.52. The highest BCUT2D eigenvalue weighted by molar-refractivity contribution is 6.36. The number of benzene rings is 1. The minimum Gasteiger partial charge on any atom is -0.354 e. The predicted molar refractivity (Wildman–Crippen MR) is 103 cm³/mol. The average Bonchev–Trinajstić information content (AvgIpc) is 3.24. The number of halogens is 2. The van der Waals surface area contributed by atoms with Crippen LogP contribution in [0.25, 0.3) is 11.2 Å². The molecule has 1 aliphatic rings. The topological polar surface area (TPSA) is 87.6 Å². The molecule has 0 spiro atoms. The number of aromatic amines is 1. The molecule has 1 unspecified atom stereocenters. The monoisotopic (exact) mass is 392 g/mol. The van der Waals surface area contributed by atoms with Crippen LogP contribution in [0.15, 0.2) is 29.2 Å². The number of anilines is 1. The van der Waals surface area contributed by atoms with Crippen LogP contribution in [0, 0.1) is 5.92 Å². The Morgan fingerprint density at radius 3 is 2.85 bits per heavy atom. The van der Waals surface area contributed by atoms with Gasteiger partial charge in [0.1, 0.15) is 5.52 Å². The number of nitrogens with one attached hydrogen (secondary N) is 3. The maximum Gasteiger partial charge on any atom is 0.328 e. The number of fused-ring (bicyclic) bond motifs is 1. The number of nitrogens with zero attached hydrogens (tertiary/aromatic N) is 3. The Balaban J connectivity index is 1.64. The first-order valence-electron chi connectivity index (χ1n) is 8.45. The van der Waals surface area contributed by atoms with Crippen LogP contribution in [-0.4, -0.2) is 39.2 Å². The molecular formula is C17H18Cl2N6O. The highest BCUT2D eigenvalue weighted by Crippen LogP contribution is 2.25. The van der Waals surface area contributed by atoms with E-state index in [-0.39, 0.29) is 12.2 Å². The van der Waals surface area contributed by atoms with Gasteiger partial charge in [0, 0.05) is 22.2 Å². The zero-order chi connectivity index (χ0) is 18.1. The number of H-pyrrole nitrogens is 1. The van der Waals surface area contributed by atoms with Crippen LogP contribution in [-0.2, 0) is 6.54 Å². The van der Waals surface area contributed by atoms with Gasteiger partial charge in [-0.25, -0.2) is 9.78 Å². The highest BCUT2D eigenvalue weighted by atomic mass is 35.5. The van der Waals surface area contributed by atoms with Crippen molar-refractivity contribution >= 4 is 40.3 Å². The van der Waals surface area contributed by atoms with E-state index in [2.05, 4.69) is 25.6 Å². The first-order chi connectivity index (χ1) is 12.6. The number of hydrogen-bond acceptors (Lipinski definition) is 5. The first kappa shape index (κ1) is 17.3. The Morgan fingerprint density at radius 2 is 2.12 bits per heavy atom. The van der Waals surface area contributed by atoms with Crippen molar-refractivity contribution in [1.29, 1.82) is 0 Å². The van der Waals surface area contributed by atoms with E-state index in [4.69, 9.17) is 23.2 Å². The molecule has 0 saturated carbocycles. The van der Waals surface area contributed by atoms with Crippen molar-refractivity contribution in [3.8, 4) is 0 Å². The number of imidazole rings is 1. The minimum absolute atomic E-state index is 0.236. The molecule has 3 heterocycles. The van der Waals surface area contributed by atoms with Gasteiger partial charge in [-0.2, -0.15) is 4.98 Å². The van der Waals surface area contributed by atoms with E-state index in [1.165, 1.54) is 4.57 Å². The minimum atomic E-state index is -0.276. The molecule has 4 rings (SSSR count). The molecule has 136 valence electrons. The third-order valence-electron chi connectivity index (χ3n) is 4.60. The standard InChI is InChI=1S/C17H18Cl2N6O/c18-12-2-1-3-13(19)11(12)9-25-15-14(23-17(25)26)8-22-16(24-15)21-7-10-4-5-20-6-10/h1-3,8,10,20H,4-7,9H2,(H,23,26)(H,21,22,24). The quantitative estimate of drug-likeness (QED) is 0.620. The van der Waals surface area contributed by atoms with Crippen LogP contribution < -0.4 is 16.3 Å². The molecule has 26 heavy (non-hydrogen) atoms. The fourth-order valence-electron chi connectivity index (χ4n) is 3.14. The first-order valence-corrected chi connectivity index (χ1v) is 9.20. The summed E-state index contributed by atoms with van der Waals surface area (Å²) in [5.41, 5.74) is 1.51. The summed E-state index contributed by atoms with van der Waals surface area (Å²) >= 11 is 12.5. The van der Waals surface area contributed by atoms with Crippen LogP contribution in [0.5, 0.6) is 0 Å². The Kier molecular flexibility index (Phi) is 4.84. The fourth-order valence-corrected chi connectivity index (χ4v) is 3.66. The lowest BCUT2D eigenvalue weighted by molar-refractivity contribution is 0.613. The van der Waals surface area contributed by atoms with Crippen LogP contribution in [0.1, 0.15) is 12.0 Å². The van der Waals surface area contributed by atoms with Gasteiger partial charge < -0.3 is 15.6 Å². The third-order valence-corrected chi connectivity index (χ3v) is 5.31. The zero-order valence-corrected chi connectivity index (χ0v) is 15.4. The molecular weight excluding hydrogens is 375 g/mol. The van der Waals surface area contributed by atoms with Crippen LogP contribution >= 0.6 is 23.2 Å². The Morgan fingerprint density at radius 1 is 1.31 bits per heavy atom. The van der Waals surface area contributed by atoms with E-state index in [9.17, 15) is 4.79 Å². The van der Waals surface area contributed by atoms with E-state index in [1.54, 1.807) is 24.4 Å². The van der Waals surface area contributed by atoms with Gasteiger partial charge in [0.25, 0.3) is 0 Å². The average molecular weight is 393 g/mol. The van der Waals surface area contributed by atoms with Crippen LogP contribution in [0.3, 0.4) is 0 Å². The van der Waals surface area contributed by atoms with Gasteiger partial charge in [-0.05, 0) is 37.6 Å². The molecule has 2 aromatic heterocycles. The normalized spacial score (nSPS) is 17.1. The van der Waals surface area contributed by atoms with Crippen LogP contribution in [0.4, 0.5) is 5.95 Å². The molecule has 1 aliphatic heterocycles. The van der Waals surface area contributed by atoms with E-state index >= 15 is 0 Å². The molecule has 1 saturated heterocycles. The van der Waals surface area contributed by atoms with Crippen molar-refractivity contribution in [2.75, 3.05) is 25.0 Å². The summed E-state index contributed by atoms with van der Waals surface area (Å²) in [5.74, 6) is 1.06. The van der Waals surface area contributed by atoms with Crippen molar-refractivity contribution in [3.63, 3.8) is 0 Å². The van der Waals surface area contributed by atoms with Crippen molar-refractivity contribution < 1.29 is 0 Å². The molecule has 1 atom stereocenters. The number of aromatic nitrogens is 4. The second kappa shape index (κ2) is 7.26. The Hall–Kier alpha value is -2.09. The lowest BCUT2D eigenvalue weighted by Crippen LogP contribution is -2.19. The fraction of sp³-hybridized carbons (Fsp3) is 0.353. The molecule has 9 heteroatoms. The summed E-state index contributed by atoms with van der Waals surface area (Å²) in [6, 6.07) is 5.27. The lowest BCUT2D eigenvalue weighted by atomic mass is 10.1. The van der Waals surface area contributed by atoms with Crippen LogP contribution in [0.2, 0.25) is 10.0 Å². The second-order valence-electron chi connectivity index (χ2n) is 6.39. The van der Waals surface area contributed by atoms with Gasteiger partial charge in [0.05, 0.1) is 12.7 Å². The second-order valence-corrected chi connectivity index (χ2v) is 7.20. The van der Waals surface area contributed by atoms with E-state index in [0.717, 1.165) is 26.1 Å². The predicted octanol–water partition coefficient (Wildman–Crippen LogP) is 2.50. The molecule has 3 aromatic rings. The van der Waals surface area contributed by atoms with Crippen molar-refractivity contribution in [1.82, 2.24) is 24.8 Å². The molecule has 0 amide bonds. The molecule has 3 N–H and O–H groups in total. The van der Waals surface area contributed by atoms with Gasteiger partial charge in [0.15, 0.2) is 5.65 Å². The van der Waals surface area contributed by atoms with Gasteiger partial charge in [-0.3, -0.25) is 4.57 Å². The molecule has 0 radical (unpaired) electrons. The molecule has 1 fully saturated rings. The molecule has 1 aromatic carbocycles. The van der Waals surface area contributed by atoms with Crippen molar-refractivity contribution in [2.45, 2.75) is 13.0 Å². The summed E-state index contributed by atoms with van der Waals surface area (Å²) in [6.07, 6.45) is 2.75. The maximum atomic E-state index is 12.4. The van der Waals surface area contributed by atoms with Gasteiger partial charge in [0.2, 0.25) is 5.95 Å². The summed E-state index contributed by atoms with van der Waals surface area (Å²) in [4.78, 5) is 23.9. The van der Waals surface area contributed by atoms with Crippen molar-refractivity contribution in [3.05, 3.63) is 50.5 Å². The highest BCUT2D eigenvalue weighted by Gasteiger charge is 2.16. The summed E-state index contributed by atoms with van der Waals surface area (Å²) in [6.45, 7) is 3.07. The number of hydrogen-bond donors (Lipinski definition) is 3. The van der Waals surface area contributed by atoms with Crippen molar-refractivity contribution in [2.24, 2.45) is 5.92 Å². The van der Waals surface area contributed by atoms with Gasteiger partial charge in [-0.15, -0.1) is 0 Å². The smallest absolute Gasteiger partial charge is 0.328 e. The van der Waals surface area contributed by atoms with E-state index in [1.807, 2.05) is 0 Å². The number of rotatable bonds is 5. The molecule has 7 nitrogen and oxygen atoms in total. The molecule has 0 aliphatic carbocycles. The van der Waals surface area contributed by atoms with E-state index < -0.39 is 0 Å². The maximum absolute atomic E-state index is 12.4. The Bertz CT molecular complexity index is 972. The summed E-state index contributed by atoms with van der Waals surface area (Å²) in [5, 5.41) is 7.62. The van der Waals surface area contributed by atoms with Gasteiger partial charge in [-0.1, -0.05) is 29.3 Å². The van der Waals surface area contributed by atoms with E-state index in [0.29, 0.717) is 38.6 Å².